The van der Waals surface area contributed by atoms with E-state index < -0.39 is 0 Å². The lowest BCUT2D eigenvalue weighted by Gasteiger charge is -1.96. The Bertz CT molecular complexity index is 93.8. The summed E-state index contributed by atoms with van der Waals surface area (Å²) in [6.07, 6.45) is 1.71. The summed E-state index contributed by atoms with van der Waals surface area (Å²) in [5.41, 5.74) is 7.90. The Morgan fingerprint density at radius 2 is 2.50 bits per heavy atom. The molecule has 0 aromatic carbocycles. The van der Waals surface area contributed by atoms with Crippen LogP contribution in [0, 0.1) is 6.92 Å². The molecule has 3 heteroatoms. The molecule has 0 aliphatic heterocycles. The van der Waals surface area contributed by atoms with E-state index in [1.807, 2.05) is 6.92 Å². The van der Waals surface area contributed by atoms with E-state index in [1.54, 1.807) is 0 Å². The van der Waals surface area contributed by atoms with Crippen LogP contribution in [-0.2, 0) is 0 Å². The second kappa shape index (κ2) is 4.47. The molecule has 0 aliphatic rings. The minimum absolute atomic E-state index is 0.109. The molecule has 0 N–H and O–H groups in total. The molecule has 45 valence electrons. The first kappa shape index (κ1) is 7.31. The number of rotatable bonds is 3. The fourth-order valence-electron chi connectivity index (χ4n) is 0.441. The van der Waals surface area contributed by atoms with Gasteiger partial charge in [-0.2, -0.15) is 0 Å². The SMILES string of the molecule is [CH2]CCC(C)N=[N+]=[N-]. The van der Waals surface area contributed by atoms with Crippen LogP contribution < -0.4 is 0 Å². The second-order valence-corrected chi connectivity index (χ2v) is 1.70. The molecular weight excluding hydrogens is 102 g/mol. The van der Waals surface area contributed by atoms with Gasteiger partial charge in [-0.15, -0.1) is 0 Å². The van der Waals surface area contributed by atoms with Crippen molar-refractivity contribution < 1.29 is 0 Å². The average Bonchev–Trinajstić information content (AvgIpc) is 1.68. The molecule has 1 unspecified atom stereocenters. The molecular formula is C5H10N3. The highest BCUT2D eigenvalue weighted by Crippen LogP contribution is 1.98. The van der Waals surface area contributed by atoms with E-state index in [9.17, 15) is 0 Å². The molecule has 0 aliphatic carbocycles. The minimum atomic E-state index is 0.109. The lowest BCUT2D eigenvalue weighted by molar-refractivity contribution is 0.670. The Balaban J connectivity index is 3.31. The summed E-state index contributed by atoms with van der Waals surface area (Å²) in [5, 5.41) is 3.45. The van der Waals surface area contributed by atoms with Crippen LogP contribution in [0.25, 0.3) is 10.4 Å². The predicted octanol–water partition coefficient (Wildman–Crippen LogP) is 2.30. The van der Waals surface area contributed by atoms with Gasteiger partial charge >= 0.3 is 0 Å². The first-order valence-corrected chi connectivity index (χ1v) is 2.64. The van der Waals surface area contributed by atoms with Crippen molar-refractivity contribution in [2.24, 2.45) is 5.11 Å². The molecule has 0 heterocycles. The van der Waals surface area contributed by atoms with Gasteiger partial charge in [0.15, 0.2) is 0 Å². The molecule has 0 amide bonds. The van der Waals surface area contributed by atoms with Gasteiger partial charge in [0.05, 0.1) is 0 Å². The standard InChI is InChI=1S/C5H10N3/c1-3-4-5(2)7-8-6/h5H,1,3-4H2,2H3. The Kier molecular flexibility index (Phi) is 4.08. The summed E-state index contributed by atoms with van der Waals surface area (Å²) in [5.74, 6) is 0. The van der Waals surface area contributed by atoms with Crippen molar-refractivity contribution in [1.82, 2.24) is 0 Å². The third-order valence-corrected chi connectivity index (χ3v) is 0.871. The summed E-state index contributed by atoms with van der Waals surface area (Å²) in [6.45, 7) is 5.50. The maximum Gasteiger partial charge on any atom is 0.0345 e. The van der Waals surface area contributed by atoms with Gasteiger partial charge in [-0.25, -0.2) is 0 Å². The zero-order valence-electron chi connectivity index (χ0n) is 5.04. The lowest BCUT2D eigenvalue weighted by Crippen LogP contribution is -1.92. The van der Waals surface area contributed by atoms with Crippen LogP contribution in [0.3, 0.4) is 0 Å². The summed E-state index contributed by atoms with van der Waals surface area (Å²) in [7, 11) is 0. The first-order chi connectivity index (χ1) is 3.81. The average molecular weight is 112 g/mol. The smallest absolute Gasteiger partial charge is 0.0345 e. The lowest BCUT2D eigenvalue weighted by atomic mass is 10.2. The Morgan fingerprint density at radius 3 is 2.88 bits per heavy atom. The van der Waals surface area contributed by atoms with E-state index in [2.05, 4.69) is 16.9 Å². The molecule has 0 rings (SSSR count). The fourth-order valence-corrected chi connectivity index (χ4v) is 0.441. The topological polar surface area (TPSA) is 48.8 Å². The van der Waals surface area contributed by atoms with Crippen molar-refractivity contribution in [3.63, 3.8) is 0 Å². The Labute approximate surface area is 49.3 Å². The van der Waals surface area contributed by atoms with Crippen LogP contribution in [0.15, 0.2) is 5.11 Å². The number of nitrogens with zero attached hydrogens (tertiary/aromatic N) is 3. The van der Waals surface area contributed by atoms with Gasteiger partial charge in [0.1, 0.15) is 0 Å². The van der Waals surface area contributed by atoms with Crippen molar-refractivity contribution in [1.29, 1.82) is 0 Å². The van der Waals surface area contributed by atoms with Crippen molar-refractivity contribution in [2.45, 2.75) is 25.8 Å². The van der Waals surface area contributed by atoms with Crippen LogP contribution in [0.2, 0.25) is 0 Å². The third kappa shape index (κ3) is 3.50. The van der Waals surface area contributed by atoms with Crippen molar-refractivity contribution >= 4 is 0 Å². The van der Waals surface area contributed by atoms with Crippen molar-refractivity contribution in [3.8, 4) is 0 Å². The Hall–Kier alpha value is -0.690. The molecule has 0 bridgehead atoms. The van der Waals surface area contributed by atoms with Crippen LogP contribution in [-0.4, -0.2) is 6.04 Å². The molecule has 0 aromatic heterocycles. The van der Waals surface area contributed by atoms with Crippen LogP contribution in [0.5, 0.6) is 0 Å². The zero-order valence-corrected chi connectivity index (χ0v) is 5.04. The molecule has 0 fully saturated rings. The first-order valence-electron chi connectivity index (χ1n) is 2.64. The van der Waals surface area contributed by atoms with Gasteiger partial charge in [-0.05, 0) is 12.0 Å². The van der Waals surface area contributed by atoms with Gasteiger partial charge < -0.3 is 0 Å². The van der Waals surface area contributed by atoms with E-state index >= 15 is 0 Å². The van der Waals surface area contributed by atoms with Crippen LogP contribution in [0.4, 0.5) is 0 Å². The molecule has 0 aromatic rings. The van der Waals surface area contributed by atoms with Crippen LogP contribution >= 0.6 is 0 Å². The van der Waals surface area contributed by atoms with E-state index in [4.69, 9.17) is 5.53 Å². The van der Waals surface area contributed by atoms with Gasteiger partial charge in [-0.1, -0.05) is 25.4 Å². The van der Waals surface area contributed by atoms with Crippen molar-refractivity contribution in [2.75, 3.05) is 0 Å². The van der Waals surface area contributed by atoms with E-state index in [1.165, 1.54) is 0 Å². The second-order valence-electron chi connectivity index (χ2n) is 1.70. The molecule has 1 radical (unpaired) electrons. The molecule has 8 heavy (non-hydrogen) atoms. The molecule has 0 saturated carbocycles. The molecule has 0 saturated heterocycles. The number of hydrogen-bond acceptors (Lipinski definition) is 1. The summed E-state index contributed by atoms with van der Waals surface area (Å²) >= 11 is 0. The third-order valence-electron chi connectivity index (χ3n) is 0.871. The van der Waals surface area contributed by atoms with Gasteiger partial charge in [-0.3, -0.25) is 0 Å². The van der Waals surface area contributed by atoms with Gasteiger partial charge in [0, 0.05) is 11.0 Å². The summed E-state index contributed by atoms with van der Waals surface area (Å²) in [6, 6.07) is 0.109. The quantitative estimate of drug-likeness (QED) is 0.305. The maximum absolute atomic E-state index is 7.90. The number of azide groups is 1. The molecule has 1 atom stereocenters. The van der Waals surface area contributed by atoms with E-state index in [0.717, 1.165) is 12.8 Å². The predicted molar refractivity (Wildman–Crippen MR) is 33.2 cm³/mol. The largest absolute Gasteiger partial charge is 0.0909 e. The van der Waals surface area contributed by atoms with Gasteiger partial charge in [0.2, 0.25) is 0 Å². The van der Waals surface area contributed by atoms with Crippen LogP contribution in [0.1, 0.15) is 19.8 Å². The van der Waals surface area contributed by atoms with Gasteiger partial charge in [0.25, 0.3) is 0 Å². The van der Waals surface area contributed by atoms with Crippen molar-refractivity contribution in [3.05, 3.63) is 17.4 Å². The molecule has 3 nitrogen and oxygen atoms in total. The zero-order chi connectivity index (χ0) is 6.41. The highest BCUT2D eigenvalue weighted by Gasteiger charge is 1.92. The summed E-state index contributed by atoms with van der Waals surface area (Å²) in [4.78, 5) is 2.65. The number of hydrogen-bond donors (Lipinski definition) is 0. The minimum Gasteiger partial charge on any atom is -0.0909 e. The highest BCUT2D eigenvalue weighted by atomic mass is 15.1. The fraction of sp³-hybridized carbons (Fsp3) is 0.800. The highest BCUT2D eigenvalue weighted by molar-refractivity contribution is 4.60. The summed E-state index contributed by atoms with van der Waals surface area (Å²) < 4.78 is 0. The normalized spacial score (nSPS) is 12.2. The Morgan fingerprint density at radius 1 is 1.88 bits per heavy atom. The van der Waals surface area contributed by atoms with E-state index in [0.29, 0.717) is 0 Å². The maximum atomic E-state index is 7.90. The molecule has 0 spiro atoms. The van der Waals surface area contributed by atoms with E-state index in [-0.39, 0.29) is 6.04 Å². The monoisotopic (exact) mass is 112 g/mol.